The van der Waals surface area contributed by atoms with Gasteiger partial charge >= 0.3 is 5.97 Å². The fourth-order valence-corrected chi connectivity index (χ4v) is 2.07. The van der Waals surface area contributed by atoms with Crippen LogP contribution < -0.4 is 10.1 Å². The molecule has 0 radical (unpaired) electrons. The van der Waals surface area contributed by atoms with Crippen molar-refractivity contribution in [3.05, 3.63) is 46.9 Å². The number of methoxy groups -OCH3 is 1. The van der Waals surface area contributed by atoms with Gasteiger partial charge in [0.1, 0.15) is 5.56 Å². The minimum absolute atomic E-state index is 0.196. The Labute approximate surface area is 122 Å². The molecule has 2 rings (SSSR count). The van der Waals surface area contributed by atoms with Gasteiger partial charge < -0.3 is 15.2 Å². The molecule has 6 heteroatoms. The topological polar surface area (TPSA) is 84.3 Å². The summed E-state index contributed by atoms with van der Waals surface area (Å²) >= 11 is 0. The first-order valence-electron chi connectivity index (χ1n) is 6.45. The summed E-state index contributed by atoms with van der Waals surface area (Å²) in [4.78, 5) is 19.6. The number of rotatable bonds is 5. The maximum absolute atomic E-state index is 11.3. The van der Waals surface area contributed by atoms with Crippen LogP contribution in [-0.4, -0.2) is 28.2 Å². The Balaban J connectivity index is 2.20. The molecule has 2 heterocycles. The molecular formula is C15H17N3O3. The lowest BCUT2D eigenvalue weighted by Crippen LogP contribution is -2.10. The molecule has 0 spiro atoms. The average Bonchev–Trinajstić information content (AvgIpc) is 2.44. The van der Waals surface area contributed by atoms with Crippen LogP contribution in [0.15, 0.2) is 24.4 Å². The lowest BCUT2D eigenvalue weighted by Gasteiger charge is -2.12. The molecule has 0 atom stereocenters. The fourth-order valence-electron chi connectivity index (χ4n) is 2.07. The zero-order valence-electron chi connectivity index (χ0n) is 12.2. The van der Waals surface area contributed by atoms with Crippen LogP contribution >= 0.6 is 0 Å². The molecule has 6 nitrogen and oxygen atoms in total. The number of pyridine rings is 2. The minimum atomic E-state index is -0.990. The molecule has 0 amide bonds. The Hall–Kier alpha value is -2.63. The van der Waals surface area contributed by atoms with Crippen LogP contribution in [0.2, 0.25) is 0 Å². The van der Waals surface area contributed by atoms with E-state index in [0.29, 0.717) is 23.8 Å². The highest BCUT2D eigenvalue weighted by molar-refractivity contribution is 5.95. The third kappa shape index (κ3) is 3.47. The normalized spacial score (nSPS) is 10.2. The molecule has 21 heavy (non-hydrogen) atoms. The van der Waals surface area contributed by atoms with Crippen molar-refractivity contribution in [2.24, 2.45) is 0 Å². The highest BCUT2D eigenvalue weighted by atomic mass is 16.5. The van der Waals surface area contributed by atoms with Crippen LogP contribution in [0.3, 0.4) is 0 Å². The predicted molar refractivity (Wildman–Crippen MR) is 78.8 cm³/mol. The second-order valence-corrected chi connectivity index (χ2v) is 4.64. The molecule has 0 aromatic carbocycles. The van der Waals surface area contributed by atoms with Gasteiger partial charge in [0.05, 0.1) is 18.5 Å². The molecule has 0 unspecified atom stereocenters. The van der Waals surface area contributed by atoms with Crippen molar-refractivity contribution in [3.63, 3.8) is 0 Å². The molecule has 0 saturated heterocycles. The number of aromatic nitrogens is 2. The SMILES string of the molecule is COc1ccc(CNc2cc(C)nc(C)c2C(=O)O)cn1. The van der Waals surface area contributed by atoms with Gasteiger partial charge in [-0.25, -0.2) is 9.78 Å². The monoisotopic (exact) mass is 287 g/mol. The number of nitrogens with one attached hydrogen (secondary N) is 1. The lowest BCUT2D eigenvalue weighted by molar-refractivity contribution is 0.0696. The maximum atomic E-state index is 11.3. The van der Waals surface area contributed by atoms with Crippen LogP contribution in [0.5, 0.6) is 5.88 Å². The maximum Gasteiger partial charge on any atom is 0.339 e. The molecule has 0 bridgehead atoms. The van der Waals surface area contributed by atoms with Gasteiger partial charge in [-0.05, 0) is 25.5 Å². The van der Waals surface area contributed by atoms with E-state index in [0.717, 1.165) is 11.3 Å². The van der Waals surface area contributed by atoms with Gasteiger partial charge in [0.25, 0.3) is 0 Å². The van der Waals surface area contributed by atoms with E-state index in [1.165, 1.54) is 0 Å². The van der Waals surface area contributed by atoms with E-state index in [2.05, 4.69) is 15.3 Å². The van der Waals surface area contributed by atoms with E-state index in [1.807, 2.05) is 13.0 Å². The van der Waals surface area contributed by atoms with Crippen LogP contribution in [0.1, 0.15) is 27.3 Å². The van der Waals surface area contributed by atoms with Crippen molar-refractivity contribution in [1.82, 2.24) is 9.97 Å². The molecule has 0 aliphatic heterocycles. The number of carboxylic acid groups (broad SMARTS) is 1. The third-order valence-electron chi connectivity index (χ3n) is 3.03. The molecular weight excluding hydrogens is 270 g/mol. The standard InChI is InChI=1S/C15H17N3O3/c1-9-6-12(14(15(19)20)10(2)18-9)16-7-11-4-5-13(21-3)17-8-11/h4-6,8H,7H2,1-3H3,(H,16,18)(H,19,20). The lowest BCUT2D eigenvalue weighted by atomic mass is 10.1. The van der Waals surface area contributed by atoms with Gasteiger partial charge in [-0.1, -0.05) is 6.07 Å². The highest BCUT2D eigenvalue weighted by Crippen LogP contribution is 2.20. The van der Waals surface area contributed by atoms with Gasteiger partial charge in [-0.3, -0.25) is 4.98 Å². The number of aryl methyl sites for hydroxylation is 2. The van der Waals surface area contributed by atoms with Gasteiger partial charge in [0.15, 0.2) is 0 Å². The molecule has 2 N–H and O–H groups in total. The Morgan fingerprint density at radius 3 is 2.71 bits per heavy atom. The summed E-state index contributed by atoms with van der Waals surface area (Å²) in [6.45, 7) is 4.00. The second-order valence-electron chi connectivity index (χ2n) is 4.64. The van der Waals surface area contributed by atoms with Gasteiger partial charge in [-0.15, -0.1) is 0 Å². The zero-order valence-corrected chi connectivity index (χ0v) is 12.2. The number of carboxylic acids is 1. The number of ether oxygens (including phenoxy) is 1. The predicted octanol–water partition coefficient (Wildman–Crippen LogP) is 2.41. The van der Waals surface area contributed by atoms with E-state index in [-0.39, 0.29) is 5.56 Å². The van der Waals surface area contributed by atoms with Crippen molar-refractivity contribution in [2.75, 3.05) is 12.4 Å². The van der Waals surface area contributed by atoms with Crippen LogP contribution in [-0.2, 0) is 6.54 Å². The number of nitrogens with zero attached hydrogens (tertiary/aromatic N) is 2. The molecule has 0 saturated carbocycles. The first-order chi connectivity index (χ1) is 10.0. The van der Waals surface area contributed by atoms with Crippen LogP contribution in [0.25, 0.3) is 0 Å². The van der Waals surface area contributed by atoms with Crippen molar-refractivity contribution in [1.29, 1.82) is 0 Å². The number of hydrogen-bond acceptors (Lipinski definition) is 5. The highest BCUT2D eigenvalue weighted by Gasteiger charge is 2.15. The Morgan fingerprint density at radius 1 is 1.38 bits per heavy atom. The largest absolute Gasteiger partial charge is 0.481 e. The molecule has 2 aromatic heterocycles. The van der Waals surface area contributed by atoms with Crippen molar-refractivity contribution >= 4 is 11.7 Å². The smallest absolute Gasteiger partial charge is 0.339 e. The van der Waals surface area contributed by atoms with Crippen LogP contribution in [0, 0.1) is 13.8 Å². The zero-order chi connectivity index (χ0) is 15.4. The first-order valence-corrected chi connectivity index (χ1v) is 6.45. The van der Waals surface area contributed by atoms with Gasteiger partial charge in [0.2, 0.25) is 5.88 Å². The summed E-state index contributed by atoms with van der Waals surface area (Å²) in [7, 11) is 1.56. The first kappa shape index (κ1) is 14.8. The van der Waals surface area contributed by atoms with E-state index >= 15 is 0 Å². The van der Waals surface area contributed by atoms with E-state index in [4.69, 9.17) is 4.74 Å². The van der Waals surface area contributed by atoms with Crippen LogP contribution in [0.4, 0.5) is 5.69 Å². The van der Waals surface area contributed by atoms with Gasteiger partial charge in [0, 0.05) is 24.5 Å². The summed E-state index contributed by atoms with van der Waals surface area (Å²) in [5.74, 6) is -0.448. The minimum Gasteiger partial charge on any atom is -0.481 e. The Kier molecular flexibility index (Phi) is 4.37. The van der Waals surface area contributed by atoms with Crippen molar-refractivity contribution < 1.29 is 14.6 Å². The molecule has 110 valence electrons. The van der Waals surface area contributed by atoms with E-state index in [1.54, 1.807) is 32.4 Å². The summed E-state index contributed by atoms with van der Waals surface area (Å²) in [6, 6.07) is 5.37. The number of anilines is 1. The molecule has 0 aliphatic rings. The van der Waals surface area contributed by atoms with Gasteiger partial charge in [-0.2, -0.15) is 0 Å². The third-order valence-corrected chi connectivity index (χ3v) is 3.03. The summed E-state index contributed by atoms with van der Waals surface area (Å²) in [5.41, 5.74) is 2.95. The Morgan fingerprint density at radius 2 is 2.14 bits per heavy atom. The number of hydrogen-bond donors (Lipinski definition) is 2. The van der Waals surface area contributed by atoms with E-state index in [9.17, 15) is 9.90 Å². The van der Waals surface area contributed by atoms with Crippen molar-refractivity contribution in [2.45, 2.75) is 20.4 Å². The fraction of sp³-hybridized carbons (Fsp3) is 0.267. The Bertz CT molecular complexity index is 654. The molecule has 2 aromatic rings. The van der Waals surface area contributed by atoms with E-state index < -0.39 is 5.97 Å². The second kappa shape index (κ2) is 6.21. The summed E-state index contributed by atoms with van der Waals surface area (Å²) < 4.78 is 5.00. The summed E-state index contributed by atoms with van der Waals surface area (Å²) in [6.07, 6.45) is 1.69. The number of carbonyl (C=O) groups is 1. The average molecular weight is 287 g/mol. The van der Waals surface area contributed by atoms with Crippen molar-refractivity contribution in [3.8, 4) is 5.88 Å². The number of aromatic carboxylic acids is 1. The summed E-state index contributed by atoms with van der Waals surface area (Å²) in [5, 5.41) is 12.4. The molecule has 0 aliphatic carbocycles. The molecule has 0 fully saturated rings. The quantitative estimate of drug-likeness (QED) is 0.878.